The van der Waals surface area contributed by atoms with Gasteiger partial charge in [0, 0.05) is 12.7 Å². The fraction of sp³-hybridized carbons (Fsp3) is 0.438. The van der Waals surface area contributed by atoms with Crippen LogP contribution in [0.4, 0.5) is 0 Å². The molecule has 124 valence electrons. The summed E-state index contributed by atoms with van der Waals surface area (Å²) < 4.78 is 0. The molecule has 0 bridgehead atoms. The lowest BCUT2D eigenvalue weighted by molar-refractivity contribution is -0.146. The van der Waals surface area contributed by atoms with Crippen molar-refractivity contribution in [3.63, 3.8) is 0 Å². The molecule has 0 spiro atoms. The highest BCUT2D eigenvalue weighted by molar-refractivity contribution is 7.99. The lowest BCUT2D eigenvalue weighted by atomic mass is 9.97. The number of carboxylic acid groups (broad SMARTS) is 1. The smallest absolute Gasteiger partial charge is 0.330 e. The van der Waals surface area contributed by atoms with Gasteiger partial charge in [0.1, 0.15) is 5.54 Å². The SMILES string of the molecule is CC(=O)NC(CC(=O)NC1(C(=O)O)CCSC1)c1ccccc1. The van der Waals surface area contributed by atoms with E-state index in [9.17, 15) is 19.5 Å². The number of rotatable bonds is 6. The molecule has 2 atom stereocenters. The lowest BCUT2D eigenvalue weighted by Gasteiger charge is -2.26. The Kier molecular flexibility index (Phi) is 5.65. The molecule has 2 unspecified atom stereocenters. The Morgan fingerprint density at radius 3 is 2.52 bits per heavy atom. The van der Waals surface area contributed by atoms with Crippen molar-refractivity contribution < 1.29 is 19.5 Å². The number of carbonyl (C=O) groups excluding carboxylic acids is 2. The first-order valence-electron chi connectivity index (χ1n) is 7.37. The van der Waals surface area contributed by atoms with Crippen LogP contribution in [0.25, 0.3) is 0 Å². The van der Waals surface area contributed by atoms with Crippen molar-refractivity contribution in [1.82, 2.24) is 10.6 Å². The molecule has 1 fully saturated rings. The number of carbonyl (C=O) groups is 3. The van der Waals surface area contributed by atoms with Gasteiger partial charge in [-0.3, -0.25) is 9.59 Å². The summed E-state index contributed by atoms with van der Waals surface area (Å²) in [4.78, 5) is 35.2. The molecule has 0 aliphatic carbocycles. The van der Waals surface area contributed by atoms with Crippen LogP contribution >= 0.6 is 11.8 Å². The minimum absolute atomic E-state index is 0.00326. The van der Waals surface area contributed by atoms with E-state index in [1.165, 1.54) is 18.7 Å². The van der Waals surface area contributed by atoms with E-state index in [1.54, 1.807) is 0 Å². The molecular formula is C16H20N2O4S. The third-order valence-corrected chi connectivity index (χ3v) is 4.97. The molecule has 2 amide bonds. The number of hydrogen-bond donors (Lipinski definition) is 3. The minimum Gasteiger partial charge on any atom is -0.479 e. The second-order valence-corrected chi connectivity index (χ2v) is 6.71. The van der Waals surface area contributed by atoms with Gasteiger partial charge in [-0.2, -0.15) is 11.8 Å². The van der Waals surface area contributed by atoms with Crippen LogP contribution in [-0.2, 0) is 14.4 Å². The van der Waals surface area contributed by atoms with Gasteiger partial charge in [0.15, 0.2) is 0 Å². The van der Waals surface area contributed by atoms with Crippen LogP contribution in [0.1, 0.15) is 31.4 Å². The quantitative estimate of drug-likeness (QED) is 0.728. The van der Waals surface area contributed by atoms with E-state index in [-0.39, 0.29) is 18.2 Å². The molecular weight excluding hydrogens is 316 g/mol. The molecule has 3 N–H and O–H groups in total. The maximum absolute atomic E-state index is 12.3. The van der Waals surface area contributed by atoms with Gasteiger partial charge in [-0.15, -0.1) is 0 Å². The highest BCUT2D eigenvalue weighted by Crippen LogP contribution is 2.29. The van der Waals surface area contributed by atoms with Crippen molar-refractivity contribution in [2.45, 2.75) is 31.3 Å². The van der Waals surface area contributed by atoms with Gasteiger partial charge in [0.25, 0.3) is 0 Å². The topological polar surface area (TPSA) is 95.5 Å². The average Bonchev–Trinajstić information content (AvgIpc) is 2.97. The highest BCUT2D eigenvalue weighted by atomic mass is 32.2. The molecule has 1 saturated heterocycles. The predicted molar refractivity (Wildman–Crippen MR) is 88.1 cm³/mol. The van der Waals surface area contributed by atoms with E-state index in [2.05, 4.69) is 10.6 Å². The molecule has 1 aromatic rings. The number of thioether (sulfide) groups is 1. The van der Waals surface area contributed by atoms with Gasteiger partial charge in [-0.25, -0.2) is 4.79 Å². The summed E-state index contributed by atoms with van der Waals surface area (Å²) in [6, 6.07) is 8.68. The van der Waals surface area contributed by atoms with Crippen LogP contribution < -0.4 is 10.6 Å². The predicted octanol–water partition coefficient (Wildman–Crippen LogP) is 1.33. The number of amides is 2. The zero-order valence-electron chi connectivity index (χ0n) is 12.9. The third-order valence-electron chi connectivity index (χ3n) is 3.78. The van der Waals surface area contributed by atoms with E-state index in [0.717, 1.165) is 5.56 Å². The fourth-order valence-corrected chi connectivity index (χ4v) is 3.90. The van der Waals surface area contributed by atoms with Crippen LogP contribution in [0.5, 0.6) is 0 Å². The van der Waals surface area contributed by atoms with Crippen LogP contribution in [0, 0.1) is 0 Å². The summed E-state index contributed by atoms with van der Waals surface area (Å²) in [5, 5.41) is 14.8. The van der Waals surface area contributed by atoms with Crippen molar-refractivity contribution in [2.75, 3.05) is 11.5 Å². The van der Waals surface area contributed by atoms with Gasteiger partial charge in [-0.05, 0) is 17.7 Å². The summed E-state index contributed by atoms with van der Waals surface area (Å²) >= 11 is 1.51. The molecule has 23 heavy (non-hydrogen) atoms. The van der Waals surface area contributed by atoms with Crippen molar-refractivity contribution in [2.24, 2.45) is 0 Å². The Morgan fingerprint density at radius 2 is 2.00 bits per heavy atom. The largest absolute Gasteiger partial charge is 0.479 e. The Balaban J connectivity index is 2.08. The second-order valence-electron chi connectivity index (χ2n) is 5.61. The Labute approximate surface area is 139 Å². The standard InChI is InChI=1S/C16H20N2O4S/c1-11(19)17-13(12-5-3-2-4-6-12)9-14(20)18-16(15(21)22)7-8-23-10-16/h2-6,13H,7-10H2,1H3,(H,17,19)(H,18,20)(H,21,22). The van der Waals surface area contributed by atoms with Crippen LogP contribution in [0.3, 0.4) is 0 Å². The Morgan fingerprint density at radius 1 is 1.30 bits per heavy atom. The van der Waals surface area contributed by atoms with Crippen molar-refractivity contribution in [3.05, 3.63) is 35.9 Å². The molecule has 2 rings (SSSR count). The summed E-state index contributed by atoms with van der Waals surface area (Å²) in [5.41, 5.74) is -0.387. The molecule has 0 saturated carbocycles. The number of aliphatic carboxylic acids is 1. The van der Waals surface area contributed by atoms with Crippen LogP contribution in [-0.4, -0.2) is 39.9 Å². The maximum atomic E-state index is 12.3. The Hall–Kier alpha value is -2.02. The van der Waals surface area contributed by atoms with Gasteiger partial charge >= 0.3 is 5.97 Å². The third kappa shape index (κ3) is 4.48. The fourth-order valence-electron chi connectivity index (χ4n) is 2.57. The molecule has 0 radical (unpaired) electrons. The minimum atomic E-state index is -1.20. The molecule has 1 aliphatic rings. The summed E-state index contributed by atoms with van der Waals surface area (Å²) in [5.74, 6) is -0.551. The van der Waals surface area contributed by atoms with Gasteiger partial charge in [0.05, 0.1) is 12.5 Å². The van der Waals surface area contributed by atoms with Crippen LogP contribution in [0.2, 0.25) is 0 Å². The molecule has 0 aromatic heterocycles. The lowest BCUT2D eigenvalue weighted by Crippen LogP contribution is -2.55. The van der Waals surface area contributed by atoms with Crippen molar-refractivity contribution >= 4 is 29.5 Å². The number of carboxylic acids is 1. The molecule has 1 heterocycles. The normalized spacial score (nSPS) is 21.4. The number of benzene rings is 1. The summed E-state index contributed by atoms with van der Waals surface area (Å²) in [7, 11) is 0. The molecule has 1 aromatic carbocycles. The number of nitrogens with one attached hydrogen (secondary N) is 2. The highest BCUT2D eigenvalue weighted by Gasteiger charge is 2.43. The molecule has 7 heteroatoms. The van der Waals surface area contributed by atoms with Crippen molar-refractivity contribution in [1.29, 1.82) is 0 Å². The zero-order chi connectivity index (χ0) is 16.9. The molecule has 6 nitrogen and oxygen atoms in total. The first kappa shape index (κ1) is 17.3. The average molecular weight is 336 g/mol. The van der Waals surface area contributed by atoms with Gasteiger partial charge in [-0.1, -0.05) is 30.3 Å². The Bertz CT molecular complexity index is 585. The van der Waals surface area contributed by atoms with Gasteiger partial charge < -0.3 is 15.7 Å². The van der Waals surface area contributed by atoms with E-state index in [4.69, 9.17) is 0 Å². The van der Waals surface area contributed by atoms with Crippen molar-refractivity contribution in [3.8, 4) is 0 Å². The summed E-state index contributed by atoms with van der Waals surface area (Å²) in [6.07, 6.45) is 0.415. The monoisotopic (exact) mass is 336 g/mol. The number of hydrogen-bond acceptors (Lipinski definition) is 4. The maximum Gasteiger partial charge on any atom is 0.330 e. The van der Waals surface area contributed by atoms with E-state index in [0.29, 0.717) is 17.9 Å². The zero-order valence-corrected chi connectivity index (χ0v) is 13.7. The van der Waals surface area contributed by atoms with Crippen LogP contribution in [0.15, 0.2) is 30.3 Å². The summed E-state index contributed by atoms with van der Waals surface area (Å²) in [6.45, 7) is 1.39. The first-order valence-corrected chi connectivity index (χ1v) is 8.52. The van der Waals surface area contributed by atoms with E-state index >= 15 is 0 Å². The van der Waals surface area contributed by atoms with E-state index in [1.807, 2.05) is 30.3 Å². The second kappa shape index (κ2) is 7.50. The first-order chi connectivity index (χ1) is 10.9. The van der Waals surface area contributed by atoms with Gasteiger partial charge in [0.2, 0.25) is 11.8 Å². The molecule has 1 aliphatic heterocycles. The van der Waals surface area contributed by atoms with E-state index < -0.39 is 17.6 Å².